The molecule has 2 fully saturated rings. The second-order valence-electron chi connectivity index (χ2n) is 12.6. The Morgan fingerprint density at radius 3 is 1.65 bits per heavy atom. The van der Waals surface area contributed by atoms with Crippen LogP contribution in [0, 0.1) is 10.8 Å². The lowest BCUT2D eigenvalue weighted by atomic mass is 9.72. The molecule has 2 aliphatic rings. The van der Waals surface area contributed by atoms with E-state index in [1.54, 1.807) is 27.7 Å². The molecule has 0 N–H and O–H groups in total. The smallest absolute Gasteiger partial charge is 0.462 e. The molecule has 0 aromatic heterocycles. The summed E-state index contributed by atoms with van der Waals surface area (Å²) < 4.78 is 59.8. The third kappa shape index (κ3) is 9.94. The van der Waals surface area contributed by atoms with Crippen LogP contribution in [0.3, 0.4) is 0 Å². The minimum absolute atomic E-state index is 0.0506. The Bertz CT molecular complexity index is 907. The van der Waals surface area contributed by atoms with E-state index in [1.807, 2.05) is 6.92 Å². The maximum absolute atomic E-state index is 13.4. The number of hydrogen-bond donors (Lipinski definition) is 0. The van der Waals surface area contributed by atoms with Gasteiger partial charge in [-0.2, -0.15) is 13.2 Å². The number of hydrogen-bond acceptors (Lipinski definition) is 8. The minimum Gasteiger partial charge on any atom is -0.462 e. The van der Waals surface area contributed by atoms with Gasteiger partial charge < -0.3 is 18.9 Å². The van der Waals surface area contributed by atoms with Gasteiger partial charge in [0.2, 0.25) is 0 Å². The highest BCUT2D eigenvalue weighted by molar-refractivity contribution is 5.80. The standard InChI is InChI=1S/C29H45F3O8/c1-7-27(5,18-26(3,4)23(34)40-28(6)13-11-9-8-10-12-14-28)24(35)38-21-15-20(37-19(2)33)16-22(17-21)39-25(36)29(30,31)32/h20-22H,7-18H2,1-6H3. The summed E-state index contributed by atoms with van der Waals surface area (Å²) in [5, 5.41) is 0. The monoisotopic (exact) mass is 578 g/mol. The fourth-order valence-corrected chi connectivity index (χ4v) is 5.71. The van der Waals surface area contributed by atoms with E-state index >= 15 is 0 Å². The molecule has 0 radical (unpaired) electrons. The molecule has 8 nitrogen and oxygen atoms in total. The highest BCUT2D eigenvalue weighted by Crippen LogP contribution is 2.41. The average molecular weight is 579 g/mol. The van der Waals surface area contributed by atoms with Crippen molar-refractivity contribution >= 4 is 23.9 Å². The van der Waals surface area contributed by atoms with Gasteiger partial charge in [0, 0.05) is 26.2 Å². The average Bonchev–Trinajstić information content (AvgIpc) is 2.80. The molecule has 0 aliphatic heterocycles. The van der Waals surface area contributed by atoms with E-state index in [9.17, 15) is 32.3 Å². The molecule has 0 saturated heterocycles. The first kappa shape index (κ1) is 33.9. The molecule has 2 aliphatic carbocycles. The van der Waals surface area contributed by atoms with E-state index in [4.69, 9.17) is 14.2 Å². The van der Waals surface area contributed by atoms with E-state index in [-0.39, 0.29) is 25.7 Å². The quantitative estimate of drug-likeness (QED) is 0.230. The number of carbonyl (C=O) groups excluding carboxylic acids is 4. The fraction of sp³-hybridized carbons (Fsp3) is 0.862. The van der Waals surface area contributed by atoms with Crippen molar-refractivity contribution in [3.8, 4) is 0 Å². The van der Waals surface area contributed by atoms with Crippen LogP contribution in [0.25, 0.3) is 0 Å². The molecular formula is C29H45F3O8. The van der Waals surface area contributed by atoms with Crippen molar-refractivity contribution in [3.05, 3.63) is 0 Å². The van der Waals surface area contributed by atoms with E-state index in [2.05, 4.69) is 4.74 Å². The van der Waals surface area contributed by atoms with Crippen LogP contribution in [-0.2, 0) is 38.1 Å². The van der Waals surface area contributed by atoms with Gasteiger partial charge in [0.05, 0.1) is 10.8 Å². The van der Waals surface area contributed by atoms with Crippen molar-refractivity contribution in [2.45, 2.75) is 149 Å². The van der Waals surface area contributed by atoms with Crippen molar-refractivity contribution < 1.29 is 51.3 Å². The molecule has 11 heteroatoms. The molecule has 0 aromatic rings. The van der Waals surface area contributed by atoms with Crippen molar-refractivity contribution in [1.82, 2.24) is 0 Å². The zero-order valence-electron chi connectivity index (χ0n) is 24.6. The number of halogens is 3. The first-order valence-corrected chi connectivity index (χ1v) is 14.3. The van der Waals surface area contributed by atoms with Crippen molar-refractivity contribution in [2.75, 3.05) is 0 Å². The third-order valence-corrected chi connectivity index (χ3v) is 8.10. The number of esters is 4. The second kappa shape index (κ2) is 13.6. The highest BCUT2D eigenvalue weighted by atomic mass is 19.4. The number of alkyl halides is 3. The van der Waals surface area contributed by atoms with Crippen molar-refractivity contribution in [2.24, 2.45) is 10.8 Å². The Balaban J connectivity index is 2.12. The normalized spacial score (nSPS) is 25.4. The minimum atomic E-state index is -5.19. The van der Waals surface area contributed by atoms with Gasteiger partial charge in [-0.05, 0) is 66.2 Å². The Morgan fingerprint density at radius 2 is 1.20 bits per heavy atom. The molecule has 0 spiro atoms. The van der Waals surface area contributed by atoms with Crippen LogP contribution in [0.2, 0.25) is 0 Å². The number of rotatable bonds is 9. The second-order valence-corrected chi connectivity index (χ2v) is 12.6. The van der Waals surface area contributed by atoms with Gasteiger partial charge in [0.15, 0.2) is 0 Å². The topological polar surface area (TPSA) is 105 Å². The molecule has 0 heterocycles. The summed E-state index contributed by atoms with van der Waals surface area (Å²) >= 11 is 0. The van der Waals surface area contributed by atoms with Crippen LogP contribution in [0.15, 0.2) is 0 Å². The maximum atomic E-state index is 13.4. The molecule has 40 heavy (non-hydrogen) atoms. The van der Waals surface area contributed by atoms with Crippen LogP contribution in [0.1, 0.15) is 119 Å². The highest BCUT2D eigenvalue weighted by Gasteiger charge is 2.47. The summed E-state index contributed by atoms with van der Waals surface area (Å²) in [7, 11) is 0. The zero-order valence-corrected chi connectivity index (χ0v) is 24.6. The molecule has 0 aromatic carbocycles. The first-order valence-electron chi connectivity index (χ1n) is 14.3. The largest absolute Gasteiger partial charge is 0.490 e. The summed E-state index contributed by atoms with van der Waals surface area (Å²) in [5.41, 5.74) is -2.70. The van der Waals surface area contributed by atoms with Gasteiger partial charge in [0.1, 0.15) is 23.9 Å². The van der Waals surface area contributed by atoms with Gasteiger partial charge >= 0.3 is 30.1 Å². The summed E-state index contributed by atoms with van der Waals surface area (Å²) in [6, 6.07) is 0. The van der Waals surface area contributed by atoms with Crippen LogP contribution in [0.4, 0.5) is 13.2 Å². The van der Waals surface area contributed by atoms with Crippen molar-refractivity contribution in [3.63, 3.8) is 0 Å². The molecule has 0 bridgehead atoms. The molecule has 0 amide bonds. The molecule has 2 rings (SSSR count). The Labute approximate surface area is 235 Å². The third-order valence-electron chi connectivity index (χ3n) is 8.10. The van der Waals surface area contributed by atoms with E-state index in [1.165, 1.54) is 6.42 Å². The predicted molar refractivity (Wildman–Crippen MR) is 139 cm³/mol. The van der Waals surface area contributed by atoms with Crippen LogP contribution >= 0.6 is 0 Å². The lowest BCUT2D eigenvalue weighted by molar-refractivity contribution is -0.210. The van der Waals surface area contributed by atoms with Gasteiger partial charge in [-0.1, -0.05) is 26.2 Å². The summed E-state index contributed by atoms with van der Waals surface area (Å²) in [4.78, 5) is 49.7. The molecule has 230 valence electrons. The van der Waals surface area contributed by atoms with Crippen LogP contribution in [0.5, 0.6) is 0 Å². The van der Waals surface area contributed by atoms with E-state index < -0.39 is 64.8 Å². The molecule has 4 unspecified atom stereocenters. The first-order chi connectivity index (χ1) is 18.4. The SMILES string of the molecule is CCC(C)(CC(C)(C)C(=O)OC1(C)CCCCCCC1)C(=O)OC1CC(OC(C)=O)CC(OC(=O)C(F)(F)F)C1. The number of carbonyl (C=O) groups is 4. The van der Waals surface area contributed by atoms with Gasteiger partial charge in [-0.25, -0.2) is 4.79 Å². The summed E-state index contributed by atoms with van der Waals surface area (Å²) in [5.74, 6) is -4.05. The van der Waals surface area contributed by atoms with E-state index in [0.29, 0.717) is 6.42 Å². The Kier molecular flexibility index (Phi) is 11.5. The molecule has 2 saturated carbocycles. The van der Waals surface area contributed by atoms with Gasteiger partial charge in [-0.15, -0.1) is 0 Å². The van der Waals surface area contributed by atoms with Crippen LogP contribution < -0.4 is 0 Å². The lowest BCUT2D eigenvalue weighted by Gasteiger charge is -2.39. The van der Waals surface area contributed by atoms with Crippen molar-refractivity contribution in [1.29, 1.82) is 0 Å². The number of ether oxygens (including phenoxy) is 4. The lowest BCUT2D eigenvalue weighted by Crippen LogP contribution is -2.45. The maximum Gasteiger partial charge on any atom is 0.490 e. The Hall–Kier alpha value is -2.33. The zero-order chi connectivity index (χ0) is 30.4. The summed E-state index contributed by atoms with van der Waals surface area (Å²) in [6.07, 6.45) is -1.17. The van der Waals surface area contributed by atoms with Gasteiger partial charge in [0.25, 0.3) is 0 Å². The fourth-order valence-electron chi connectivity index (χ4n) is 5.71. The van der Waals surface area contributed by atoms with Gasteiger partial charge in [-0.3, -0.25) is 14.4 Å². The predicted octanol–water partition coefficient (Wildman–Crippen LogP) is 6.37. The molecular weight excluding hydrogens is 533 g/mol. The Morgan fingerprint density at radius 1 is 0.750 bits per heavy atom. The molecule has 4 atom stereocenters. The van der Waals surface area contributed by atoms with Crippen LogP contribution in [-0.4, -0.2) is 54.0 Å². The summed E-state index contributed by atoms with van der Waals surface area (Å²) in [6.45, 7) is 10.0. The van der Waals surface area contributed by atoms with E-state index in [0.717, 1.165) is 45.4 Å².